The van der Waals surface area contributed by atoms with Gasteiger partial charge in [0.1, 0.15) is 6.61 Å². The molecule has 4 N–H and O–H groups in total. The second-order valence-electron chi connectivity index (χ2n) is 10.4. The molecular formula is C31H53N3O4. The zero-order chi connectivity index (χ0) is 28.0. The van der Waals surface area contributed by atoms with Crippen molar-refractivity contribution in [3.05, 3.63) is 35.9 Å². The first-order valence-corrected chi connectivity index (χ1v) is 14.9. The third kappa shape index (κ3) is 15.8. The van der Waals surface area contributed by atoms with E-state index in [9.17, 15) is 14.4 Å². The number of amides is 2. The zero-order valence-electron chi connectivity index (χ0n) is 24.0. The number of hydrogen-bond donors (Lipinski definition) is 2. The molecule has 216 valence electrons. The number of carbonyl (C=O) groups excluding carboxylic acids is 3. The molecule has 0 saturated carbocycles. The number of unbranched alkanes of at least 4 members (excludes halogenated alkanes) is 10. The van der Waals surface area contributed by atoms with Gasteiger partial charge in [0, 0.05) is 25.4 Å². The van der Waals surface area contributed by atoms with Crippen molar-refractivity contribution in [1.82, 2.24) is 4.90 Å². The van der Waals surface area contributed by atoms with Crippen LogP contribution >= 0.6 is 0 Å². The summed E-state index contributed by atoms with van der Waals surface area (Å²) in [4.78, 5) is 38.6. The Balaban J connectivity index is 2.36. The zero-order valence-corrected chi connectivity index (χ0v) is 24.0. The maximum atomic E-state index is 13.1. The molecule has 7 heteroatoms. The summed E-state index contributed by atoms with van der Waals surface area (Å²) in [6, 6.07) is 8.57. The number of likely N-dealkylation sites (N-methyl/N-ethyl adjacent to an activating group) is 1. The SMILES string of the molecule is CCCCCCCCCCCCC[C@@H](CC(N)=O)N(CC)C(=O)[C@@H](N)CCCC(=O)OCc1ccccc1. The number of hydrogen-bond acceptors (Lipinski definition) is 5. The Morgan fingerprint density at radius 2 is 1.39 bits per heavy atom. The lowest BCUT2D eigenvalue weighted by Crippen LogP contribution is -2.49. The predicted molar refractivity (Wildman–Crippen MR) is 154 cm³/mol. The smallest absolute Gasteiger partial charge is 0.306 e. The predicted octanol–water partition coefficient (Wildman–Crippen LogP) is 6.02. The number of nitrogens with zero attached hydrogens (tertiary/aromatic N) is 1. The van der Waals surface area contributed by atoms with Crippen molar-refractivity contribution in [1.29, 1.82) is 0 Å². The van der Waals surface area contributed by atoms with Crippen LogP contribution in [0.25, 0.3) is 0 Å². The fraction of sp³-hybridized carbons (Fsp3) is 0.710. The van der Waals surface area contributed by atoms with Crippen LogP contribution in [-0.4, -0.2) is 41.3 Å². The van der Waals surface area contributed by atoms with Gasteiger partial charge in [0.25, 0.3) is 0 Å². The van der Waals surface area contributed by atoms with Gasteiger partial charge in [-0.1, -0.05) is 108 Å². The molecule has 1 aromatic rings. The fourth-order valence-electron chi connectivity index (χ4n) is 4.85. The molecule has 38 heavy (non-hydrogen) atoms. The van der Waals surface area contributed by atoms with Gasteiger partial charge in [-0.25, -0.2) is 0 Å². The van der Waals surface area contributed by atoms with Gasteiger partial charge in [-0.15, -0.1) is 0 Å². The third-order valence-electron chi connectivity index (χ3n) is 7.10. The summed E-state index contributed by atoms with van der Waals surface area (Å²) in [6.07, 6.45) is 15.7. The summed E-state index contributed by atoms with van der Waals surface area (Å²) in [6.45, 7) is 4.86. The Labute approximate surface area is 231 Å². The van der Waals surface area contributed by atoms with E-state index >= 15 is 0 Å². The quantitative estimate of drug-likeness (QED) is 0.132. The van der Waals surface area contributed by atoms with Crippen LogP contribution in [0.1, 0.15) is 122 Å². The van der Waals surface area contributed by atoms with Gasteiger partial charge in [0.2, 0.25) is 11.8 Å². The van der Waals surface area contributed by atoms with Crippen LogP contribution in [0.4, 0.5) is 0 Å². The molecule has 2 atom stereocenters. The van der Waals surface area contributed by atoms with Gasteiger partial charge < -0.3 is 21.1 Å². The Bertz CT molecular complexity index is 772. The number of primary amides is 1. The summed E-state index contributed by atoms with van der Waals surface area (Å²) >= 11 is 0. The summed E-state index contributed by atoms with van der Waals surface area (Å²) in [7, 11) is 0. The number of esters is 1. The largest absolute Gasteiger partial charge is 0.461 e. The summed E-state index contributed by atoms with van der Waals surface area (Å²) in [5, 5.41) is 0. The van der Waals surface area contributed by atoms with Crippen molar-refractivity contribution in [2.24, 2.45) is 11.5 Å². The van der Waals surface area contributed by atoms with E-state index in [1.807, 2.05) is 37.3 Å². The lowest BCUT2D eigenvalue weighted by molar-refractivity contribution is -0.145. The van der Waals surface area contributed by atoms with E-state index in [4.69, 9.17) is 16.2 Å². The normalized spacial score (nSPS) is 12.6. The summed E-state index contributed by atoms with van der Waals surface area (Å²) in [5.41, 5.74) is 12.7. The molecular weight excluding hydrogens is 478 g/mol. The minimum atomic E-state index is -0.718. The monoisotopic (exact) mass is 531 g/mol. The molecule has 0 aliphatic heterocycles. The second kappa shape index (κ2) is 21.5. The van der Waals surface area contributed by atoms with E-state index in [2.05, 4.69) is 6.92 Å². The molecule has 0 spiro atoms. The molecule has 0 aromatic heterocycles. The van der Waals surface area contributed by atoms with Crippen molar-refractivity contribution in [2.45, 2.75) is 135 Å². The van der Waals surface area contributed by atoms with Crippen LogP contribution in [0.15, 0.2) is 30.3 Å². The highest BCUT2D eigenvalue weighted by Gasteiger charge is 2.27. The Morgan fingerprint density at radius 1 is 0.816 bits per heavy atom. The van der Waals surface area contributed by atoms with Crippen LogP contribution in [0.2, 0.25) is 0 Å². The maximum Gasteiger partial charge on any atom is 0.306 e. The average molecular weight is 532 g/mol. The van der Waals surface area contributed by atoms with E-state index in [0.717, 1.165) is 24.8 Å². The van der Waals surface area contributed by atoms with Crippen molar-refractivity contribution < 1.29 is 19.1 Å². The van der Waals surface area contributed by atoms with E-state index in [0.29, 0.717) is 19.4 Å². The molecule has 0 aliphatic rings. The number of rotatable bonds is 23. The van der Waals surface area contributed by atoms with Gasteiger partial charge in [0.15, 0.2) is 0 Å². The Kier molecular flexibility index (Phi) is 19.0. The van der Waals surface area contributed by atoms with Crippen LogP contribution in [0, 0.1) is 0 Å². The van der Waals surface area contributed by atoms with E-state index in [-0.39, 0.29) is 37.4 Å². The highest BCUT2D eigenvalue weighted by Crippen LogP contribution is 2.18. The molecule has 0 fully saturated rings. The van der Waals surface area contributed by atoms with E-state index < -0.39 is 11.9 Å². The van der Waals surface area contributed by atoms with Crippen LogP contribution < -0.4 is 11.5 Å². The van der Waals surface area contributed by atoms with Crippen molar-refractivity contribution in [2.75, 3.05) is 6.54 Å². The number of nitrogens with two attached hydrogens (primary N) is 2. The molecule has 0 unspecified atom stereocenters. The van der Waals surface area contributed by atoms with Gasteiger partial charge in [-0.3, -0.25) is 14.4 Å². The molecule has 1 aromatic carbocycles. The number of ether oxygens (including phenoxy) is 1. The van der Waals surface area contributed by atoms with Gasteiger partial charge in [-0.2, -0.15) is 0 Å². The number of benzene rings is 1. The fourth-order valence-corrected chi connectivity index (χ4v) is 4.85. The topological polar surface area (TPSA) is 116 Å². The lowest BCUT2D eigenvalue weighted by atomic mass is 10.00. The summed E-state index contributed by atoms with van der Waals surface area (Å²) in [5.74, 6) is -0.887. The molecule has 0 bridgehead atoms. The van der Waals surface area contributed by atoms with E-state index in [1.54, 1.807) is 4.90 Å². The Morgan fingerprint density at radius 3 is 1.95 bits per heavy atom. The molecule has 0 aliphatic carbocycles. The molecule has 1 rings (SSSR count). The van der Waals surface area contributed by atoms with Crippen LogP contribution in [-0.2, 0) is 25.7 Å². The van der Waals surface area contributed by atoms with Crippen LogP contribution in [0.3, 0.4) is 0 Å². The minimum absolute atomic E-state index is 0.149. The second-order valence-corrected chi connectivity index (χ2v) is 10.4. The maximum absolute atomic E-state index is 13.1. The van der Waals surface area contributed by atoms with Gasteiger partial charge in [-0.05, 0) is 31.7 Å². The van der Waals surface area contributed by atoms with Crippen molar-refractivity contribution in [3.63, 3.8) is 0 Å². The molecule has 7 nitrogen and oxygen atoms in total. The molecule has 2 amide bonds. The van der Waals surface area contributed by atoms with Crippen molar-refractivity contribution in [3.8, 4) is 0 Å². The molecule has 0 heterocycles. The first-order chi connectivity index (χ1) is 18.4. The first kappa shape index (κ1) is 33.6. The lowest BCUT2D eigenvalue weighted by Gasteiger charge is -2.32. The average Bonchev–Trinajstić information content (AvgIpc) is 2.91. The highest BCUT2D eigenvalue weighted by atomic mass is 16.5. The standard InChI is InChI=1S/C31H53N3O4/c1-3-5-6-7-8-9-10-11-12-13-17-21-27(24-29(33)35)34(4-2)31(37)28(32)22-18-23-30(36)38-25-26-19-15-14-16-20-26/h14-16,19-20,27-28H,3-13,17-18,21-25,32H2,1-2H3,(H2,33,35)/t27-,28-/m0/s1. The number of carbonyl (C=O) groups is 3. The molecule has 0 saturated heterocycles. The minimum Gasteiger partial charge on any atom is -0.461 e. The van der Waals surface area contributed by atoms with Crippen molar-refractivity contribution >= 4 is 17.8 Å². The van der Waals surface area contributed by atoms with Gasteiger partial charge >= 0.3 is 5.97 Å². The third-order valence-corrected chi connectivity index (χ3v) is 7.10. The van der Waals surface area contributed by atoms with Gasteiger partial charge in [0.05, 0.1) is 6.04 Å². The van der Waals surface area contributed by atoms with Crippen LogP contribution in [0.5, 0.6) is 0 Å². The van der Waals surface area contributed by atoms with E-state index in [1.165, 1.54) is 57.8 Å². The Hall–Kier alpha value is -2.41. The first-order valence-electron chi connectivity index (χ1n) is 14.9. The highest BCUT2D eigenvalue weighted by molar-refractivity contribution is 5.83. The molecule has 0 radical (unpaired) electrons. The summed E-state index contributed by atoms with van der Waals surface area (Å²) < 4.78 is 5.30.